The summed E-state index contributed by atoms with van der Waals surface area (Å²) in [4.78, 5) is 48.7. The Morgan fingerprint density at radius 3 is 2.38 bits per heavy atom. The van der Waals surface area contributed by atoms with Crippen molar-refractivity contribution >= 4 is 23.5 Å². The highest BCUT2D eigenvalue weighted by Crippen LogP contribution is 2.46. The van der Waals surface area contributed by atoms with Crippen molar-refractivity contribution in [1.29, 1.82) is 0 Å². The fourth-order valence-electron chi connectivity index (χ4n) is 3.98. The van der Waals surface area contributed by atoms with Crippen LogP contribution in [0, 0.1) is 10.1 Å². The second-order valence-corrected chi connectivity index (χ2v) is 9.64. The van der Waals surface area contributed by atoms with Crippen molar-refractivity contribution in [3.8, 4) is 0 Å². The van der Waals surface area contributed by atoms with Gasteiger partial charge in [-0.1, -0.05) is 12.1 Å². The predicted molar refractivity (Wildman–Crippen MR) is 115 cm³/mol. The second-order valence-electron chi connectivity index (χ2n) is 9.64. The molecule has 1 aromatic carbocycles. The van der Waals surface area contributed by atoms with Gasteiger partial charge in [0.1, 0.15) is 5.60 Å². The Kier molecular flexibility index (Phi) is 5.86. The number of nitro benzene ring substituents is 1. The highest BCUT2D eigenvalue weighted by molar-refractivity contribution is 6.03. The van der Waals surface area contributed by atoms with Crippen LogP contribution >= 0.6 is 0 Å². The minimum absolute atomic E-state index is 0.0721. The van der Waals surface area contributed by atoms with Gasteiger partial charge in [0.05, 0.1) is 17.0 Å². The number of alkyl carbamates (subject to hydrolysis) is 1. The van der Waals surface area contributed by atoms with E-state index in [9.17, 15) is 24.5 Å². The summed E-state index contributed by atoms with van der Waals surface area (Å²) in [5, 5.41) is 16.8. The van der Waals surface area contributed by atoms with Gasteiger partial charge in [-0.3, -0.25) is 19.7 Å². The Balaban J connectivity index is 1.94. The molecule has 1 aromatic rings. The maximum atomic E-state index is 13.3. The fraction of sp³-hybridized carbons (Fsp3) is 0.500. The first-order valence-corrected chi connectivity index (χ1v) is 10.3. The van der Waals surface area contributed by atoms with Crippen molar-refractivity contribution in [2.24, 2.45) is 0 Å². The summed E-state index contributed by atoms with van der Waals surface area (Å²) in [6.45, 7) is 10.5. The number of carbonyl (C=O) groups excluding carboxylic acids is 3. The van der Waals surface area contributed by atoms with E-state index in [1.165, 1.54) is 23.3 Å². The van der Waals surface area contributed by atoms with Crippen LogP contribution in [0.25, 0.3) is 0 Å². The lowest BCUT2D eigenvalue weighted by Gasteiger charge is -2.37. The molecule has 0 spiro atoms. The number of hydrogen-bond acceptors (Lipinski definition) is 7. The molecular weight excluding hydrogens is 416 g/mol. The van der Waals surface area contributed by atoms with Crippen LogP contribution in [0.5, 0.6) is 0 Å². The molecule has 0 saturated carbocycles. The highest BCUT2D eigenvalue weighted by Gasteiger charge is 2.53. The van der Waals surface area contributed by atoms with Crippen LogP contribution in [0.15, 0.2) is 36.0 Å². The van der Waals surface area contributed by atoms with Crippen molar-refractivity contribution in [2.45, 2.75) is 71.2 Å². The van der Waals surface area contributed by atoms with Gasteiger partial charge in [0, 0.05) is 35.9 Å². The zero-order chi connectivity index (χ0) is 24.0. The number of ketones is 1. The molecule has 2 aliphatic heterocycles. The average molecular weight is 444 g/mol. The number of rotatable bonds is 5. The lowest BCUT2D eigenvalue weighted by Crippen LogP contribution is -2.46. The number of amides is 2. The van der Waals surface area contributed by atoms with Gasteiger partial charge in [0.15, 0.2) is 5.78 Å². The largest absolute Gasteiger partial charge is 0.444 e. The van der Waals surface area contributed by atoms with E-state index >= 15 is 0 Å². The Bertz CT molecular complexity index is 993. The van der Waals surface area contributed by atoms with Crippen LogP contribution < -0.4 is 5.32 Å². The molecule has 0 aromatic heterocycles. The molecule has 3 rings (SSSR count). The van der Waals surface area contributed by atoms with E-state index in [4.69, 9.17) is 4.74 Å². The molecule has 0 bridgehead atoms. The molecule has 2 amide bonds. The van der Waals surface area contributed by atoms with Crippen molar-refractivity contribution in [1.82, 2.24) is 15.3 Å². The number of nitrogens with one attached hydrogen (secondary N) is 1. The van der Waals surface area contributed by atoms with Crippen molar-refractivity contribution < 1.29 is 24.0 Å². The first kappa shape index (κ1) is 23.4. The van der Waals surface area contributed by atoms with E-state index in [0.717, 1.165) is 0 Å². The van der Waals surface area contributed by atoms with Gasteiger partial charge in [-0.15, -0.1) is 0 Å². The minimum atomic E-state index is -0.906. The van der Waals surface area contributed by atoms with Gasteiger partial charge in [-0.2, -0.15) is 5.01 Å². The van der Waals surface area contributed by atoms with Gasteiger partial charge in [-0.05, 0) is 47.1 Å². The Labute approximate surface area is 186 Å². The van der Waals surface area contributed by atoms with Crippen LogP contribution in [0.3, 0.4) is 0 Å². The number of hydrazine groups is 1. The number of fused-ring (bicyclic) bond motifs is 1. The van der Waals surface area contributed by atoms with Crippen LogP contribution in [-0.2, 0) is 14.3 Å². The molecule has 172 valence electrons. The van der Waals surface area contributed by atoms with Gasteiger partial charge in [-0.25, -0.2) is 9.80 Å². The summed E-state index contributed by atoms with van der Waals surface area (Å²) in [5.41, 5.74) is -0.430. The van der Waals surface area contributed by atoms with Gasteiger partial charge in [0.25, 0.3) is 5.69 Å². The molecule has 10 nitrogen and oxygen atoms in total. The molecule has 1 fully saturated rings. The van der Waals surface area contributed by atoms with Gasteiger partial charge < -0.3 is 10.1 Å². The summed E-state index contributed by atoms with van der Waals surface area (Å²) in [6, 6.07) is 4.36. The van der Waals surface area contributed by atoms with Gasteiger partial charge in [0.2, 0.25) is 5.91 Å². The number of non-ortho nitro benzene ring substituents is 1. The number of nitrogens with zero attached hydrogens (tertiary/aromatic N) is 3. The van der Waals surface area contributed by atoms with E-state index in [2.05, 4.69) is 5.32 Å². The summed E-state index contributed by atoms with van der Waals surface area (Å²) in [7, 11) is 0. The molecule has 2 heterocycles. The lowest BCUT2D eigenvalue weighted by atomic mass is 9.90. The third kappa shape index (κ3) is 4.50. The predicted octanol–water partition coefficient (Wildman–Crippen LogP) is 3.24. The third-order valence-electron chi connectivity index (χ3n) is 5.32. The summed E-state index contributed by atoms with van der Waals surface area (Å²) in [6.07, 6.45) is 1.04. The third-order valence-corrected chi connectivity index (χ3v) is 5.32. The number of carbonyl (C=O) groups is 3. The summed E-state index contributed by atoms with van der Waals surface area (Å²) < 4.78 is 5.23. The topological polar surface area (TPSA) is 122 Å². The maximum Gasteiger partial charge on any atom is 0.408 e. The molecule has 1 saturated heterocycles. The number of benzene rings is 1. The molecule has 0 unspecified atom stereocenters. The standard InChI is InChI=1S/C22H28N4O6/c1-13(23-20(29)32-21(2,3)4)19(28)16-12-24-17(27)11-22(5,6)25(24)18(16)14-7-9-15(10-8-14)26(30)31/h7-10,12-13,18H,11H2,1-6H3,(H,23,29)/t13-,18-/m0/s1. The zero-order valence-electron chi connectivity index (χ0n) is 19.0. The molecule has 2 aliphatic rings. The molecule has 2 atom stereocenters. The molecule has 1 N–H and O–H groups in total. The highest BCUT2D eigenvalue weighted by atomic mass is 16.6. The van der Waals surface area contributed by atoms with Crippen LogP contribution in [-0.4, -0.2) is 49.9 Å². The first-order chi connectivity index (χ1) is 14.7. The van der Waals surface area contributed by atoms with E-state index < -0.39 is 34.2 Å². The number of hydrogen-bond donors (Lipinski definition) is 1. The van der Waals surface area contributed by atoms with Crippen LogP contribution in [0.1, 0.15) is 59.6 Å². The Morgan fingerprint density at radius 2 is 1.84 bits per heavy atom. The fourth-order valence-corrected chi connectivity index (χ4v) is 3.98. The molecule has 0 radical (unpaired) electrons. The first-order valence-electron chi connectivity index (χ1n) is 10.3. The molecule has 10 heteroatoms. The minimum Gasteiger partial charge on any atom is -0.444 e. The molecule has 0 aliphatic carbocycles. The monoisotopic (exact) mass is 444 g/mol. The number of nitro groups is 1. The molecular formula is C22H28N4O6. The number of ether oxygens (including phenoxy) is 1. The van der Waals surface area contributed by atoms with E-state index in [0.29, 0.717) is 11.1 Å². The number of Topliss-reactive ketones (excluding diaryl/α,β-unsaturated/α-hetero) is 1. The normalized spacial score (nSPS) is 21.1. The van der Waals surface area contributed by atoms with Crippen molar-refractivity contribution in [3.63, 3.8) is 0 Å². The zero-order valence-corrected chi connectivity index (χ0v) is 19.0. The van der Waals surface area contributed by atoms with Crippen LogP contribution in [0.4, 0.5) is 10.5 Å². The molecule has 32 heavy (non-hydrogen) atoms. The Hall–Kier alpha value is -3.27. The smallest absolute Gasteiger partial charge is 0.408 e. The summed E-state index contributed by atoms with van der Waals surface area (Å²) >= 11 is 0. The lowest BCUT2D eigenvalue weighted by molar-refractivity contribution is -0.384. The SMILES string of the molecule is C[C@H](NC(=O)OC(C)(C)C)C(=O)C1=CN2C(=O)CC(C)(C)N2[C@H]1c1ccc([N+](=O)[O-])cc1. The van der Waals surface area contributed by atoms with E-state index in [1.807, 2.05) is 18.9 Å². The van der Waals surface area contributed by atoms with Crippen molar-refractivity contribution in [2.75, 3.05) is 0 Å². The maximum absolute atomic E-state index is 13.3. The van der Waals surface area contributed by atoms with Crippen LogP contribution in [0.2, 0.25) is 0 Å². The average Bonchev–Trinajstić information content (AvgIpc) is 3.16. The summed E-state index contributed by atoms with van der Waals surface area (Å²) in [5.74, 6) is -0.533. The Morgan fingerprint density at radius 1 is 1.25 bits per heavy atom. The quantitative estimate of drug-likeness (QED) is 0.546. The van der Waals surface area contributed by atoms with E-state index in [-0.39, 0.29) is 23.8 Å². The van der Waals surface area contributed by atoms with E-state index in [1.54, 1.807) is 39.8 Å². The second kappa shape index (κ2) is 8.01. The van der Waals surface area contributed by atoms with Crippen molar-refractivity contribution in [3.05, 3.63) is 51.7 Å². The van der Waals surface area contributed by atoms with Gasteiger partial charge >= 0.3 is 6.09 Å².